The molecule has 0 aliphatic heterocycles. The van der Waals surface area contributed by atoms with Gasteiger partial charge in [0.25, 0.3) is 0 Å². The fourth-order valence-electron chi connectivity index (χ4n) is 0. The SMILES string of the molecule is O=S(=O)(P)CO. The highest BCUT2D eigenvalue weighted by Crippen LogP contribution is 1.95. The van der Waals surface area contributed by atoms with E-state index in [1.54, 1.807) is 0 Å². The van der Waals surface area contributed by atoms with E-state index < -0.39 is 15.4 Å². The molecule has 5 heteroatoms. The average molecular weight is 128 g/mol. The molecule has 0 spiro atoms. The Hall–Kier alpha value is 0.340. The first-order valence-electron chi connectivity index (χ1n) is 1.17. The predicted octanol–water partition coefficient (Wildman–Crippen LogP) is -0.859. The Morgan fingerprint density at radius 2 is 1.83 bits per heavy atom. The van der Waals surface area contributed by atoms with Crippen molar-refractivity contribution in [3.63, 3.8) is 0 Å². The maximum atomic E-state index is 9.71. The molecule has 0 aromatic heterocycles. The third-order valence-corrected chi connectivity index (χ3v) is 0.987. The lowest BCUT2D eigenvalue weighted by atomic mass is 11.7. The van der Waals surface area contributed by atoms with Crippen LogP contribution in [0.1, 0.15) is 0 Å². The number of rotatable bonds is 1. The van der Waals surface area contributed by atoms with Crippen molar-refractivity contribution in [2.75, 3.05) is 5.94 Å². The first-order chi connectivity index (χ1) is 2.56. The number of aliphatic hydroxyl groups excluding tert-OH is 1. The van der Waals surface area contributed by atoms with E-state index in [0.717, 1.165) is 0 Å². The number of aliphatic hydroxyl groups is 1. The van der Waals surface area contributed by atoms with Gasteiger partial charge >= 0.3 is 0 Å². The Kier molecular flexibility index (Phi) is 1.97. The lowest BCUT2D eigenvalue weighted by Crippen LogP contribution is -1.91. The van der Waals surface area contributed by atoms with Crippen molar-refractivity contribution in [3.05, 3.63) is 0 Å². The van der Waals surface area contributed by atoms with Crippen molar-refractivity contribution in [3.8, 4) is 0 Å². The summed E-state index contributed by atoms with van der Waals surface area (Å²) in [6.07, 6.45) is 0. The largest absolute Gasteiger partial charge is 0.380 e. The molecule has 0 aromatic rings. The molecule has 0 heterocycles. The van der Waals surface area contributed by atoms with Gasteiger partial charge in [-0.3, -0.25) is 0 Å². The smallest absolute Gasteiger partial charge is 0.184 e. The molecule has 3 nitrogen and oxygen atoms in total. The minimum atomic E-state index is -3.19. The molecule has 0 saturated carbocycles. The van der Waals surface area contributed by atoms with E-state index in [0.29, 0.717) is 0 Å². The highest BCUT2D eigenvalue weighted by Gasteiger charge is 1.92. The molecule has 0 aromatic carbocycles. The van der Waals surface area contributed by atoms with Crippen LogP contribution < -0.4 is 0 Å². The molecule has 1 unspecified atom stereocenters. The summed E-state index contributed by atoms with van der Waals surface area (Å²) in [4.78, 5) is 0. The van der Waals surface area contributed by atoms with Gasteiger partial charge in [-0.25, -0.2) is 8.42 Å². The Balaban J connectivity index is 3.85. The Labute approximate surface area is 38.2 Å². The molecule has 0 aliphatic carbocycles. The van der Waals surface area contributed by atoms with Crippen LogP contribution in [0.2, 0.25) is 0 Å². The summed E-state index contributed by atoms with van der Waals surface area (Å²) in [6.45, 7) is 0. The molecule has 38 valence electrons. The molecule has 0 aliphatic rings. The minimum Gasteiger partial charge on any atom is -0.380 e. The maximum absolute atomic E-state index is 9.71. The second-order valence-electron chi connectivity index (χ2n) is 0.792. The summed E-state index contributed by atoms with van der Waals surface area (Å²) < 4.78 is 19.4. The fraction of sp³-hybridized carbons (Fsp3) is 1.00. The minimum absolute atomic E-state index is 0.794. The van der Waals surface area contributed by atoms with Crippen LogP contribution in [0.25, 0.3) is 0 Å². The van der Waals surface area contributed by atoms with Gasteiger partial charge in [-0.2, -0.15) is 0 Å². The van der Waals surface area contributed by atoms with Crippen LogP contribution in [0, 0.1) is 0 Å². The van der Waals surface area contributed by atoms with Crippen LogP contribution in [-0.2, 0) is 9.46 Å². The van der Waals surface area contributed by atoms with E-state index in [1.165, 1.54) is 8.44 Å². The third kappa shape index (κ3) is 4.34. The molecule has 0 bridgehead atoms. The van der Waals surface area contributed by atoms with Crippen molar-refractivity contribution in [2.24, 2.45) is 0 Å². The van der Waals surface area contributed by atoms with Crippen LogP contribution in [-0.4, -0.2) is 19.5 Å². The van der Waals surface area contributed by atoms with Gasteiger partial charge < -0.3 is 5.11 Å². The highest BCUT2D eigenvalue weighted by atomic mass is 32.7. The van der Waals surface area contributed by atoms with Crippen molar-refractivity contribution < 1.29 is 13.5 Å². The van der Waals surface area contributed by atoms with Crippen LogP contribution in [0.3, 0.4) is 0 Å². The van der Waals surface area contributed by atoms with E-state index in [2.05, 4.69) is 0 Å². The normalized spacial score (nSPS) is 11.7. The Bertz CT molecular complexity index is 113. The van der Waals surface area contributed by atoms with E-state index in [4.69, 9.17) is 5.11 Å². The molecular weight excluding hydrogens is 123 g/mol. The zero-order valence-corrected chi connectivity index (χ0v) is 4.93. The summed E-state index contributed by atoms with van der Waals surface area (Å²) in [5.74, 6) is -0.794. The van der Waals surface area contributed by atoms with Crippen LogP contribution in [0.4, 0.5) is 0 Å². The molecule has 1 N–H and O–H groups in total. The molecule has 1 atom stereocenters. The van der Waals surface area contributed by atoms with Gasteiger partial charge in [-0.05, 0) is 8.44 Å². The standard InChI is InChI=1S/CH5O3PS/c2-1-6(3,4)5/h2H,1,5H2. The second-order valence-corrected chi connectivity index (χ2v) is 4.53. The summed E-state index contributed by atoms with van der Waals surface area (Å²) in [6, 6.07) is 0. The number of hydrogen-bond donors (Lipinski definition) is 1. The number of hydrogen-bond acceptors (Lipinski definition) is 3. The third-order valence-electron chi connectivity index (χ3n) is 0.180. The summed E-state index contributed by atoms with van der Waals surface area (Å²) in [5, 5.41) is 7.79. The van der Waals surface area contributed by atoms with Gasteiger partial charge in [0.2, 0.25) is 0 Å². The van der Waals surface area contributed by atoms with E-state index in [-0.39, 0.29) is 0 Å². The molecule has 0 saturated heterocycles. The van der Waals surface area contributed by atoms with Crippen molar-refractivity contribution in [1.82, 2.24) is 0 Å². The average Bonchev–Trinajstić information content (AvgIpc) is 1.35. The molecule has 0 radical (unpaired) electrons. The van der Waals surface area contributed by atoms with Gasteiger partial charge in [-0.1, -0.05) is 0 Å². The lowest BCUT2D eigenvalue weighted by Gasteiger charge is -1.80. The van der Waals surface area contributed by atoms with Crippen molar-refractivity contribution >= 4 is 17.9 Å². The summed E-state index contributed by atoms with van der Waals surface area (Å²) >= 11 is 0. The fourth-order valence-corrected chi connectivity index (χ4v) is 0. The van der Waals surface area contributed by atoms with Gasteiger partial charge in [0.1, 0.15) is 5.94 Å². The first kappa shape index (κ1) is 6.34. The van der Waals surface area contributed by atoms with E-state index in [9.17, 15) is 8.42 Å². The Morgan fingerprint density at radius 1 is 1.67 bits per heavy atom. The quantitative estimate of drug-likeness (QED) is 0.467. The predicted molar refractivity (Wildman–Crippen MR) is 25.7 cm³/mol. The molecule has 0 amide bonds. The maximum Gasteiger partial charge on any atom is 0.184 e. The van der Waals surface area contributed by atoms with Crippen molar-refractivity contribution in [2.45, 2.75) is 0 Å². The van der Waals surface area contributed by atoms with Crippen molar-refractivity contribution in [1.29, 1.82) is 0 Å². The van der Waals surface area contributed by atoms with Crippen LogP contribution in [0.15, 0.2) is 0 Å². The second kappa shape index (κ2) is 1.87. The first-order valence-corrected chi connectivity index (χ1v) is 4.30. The Morgan fingerprint density at radius 3 is 1.83 bits per heavy atom. The lowest BCUT2D eigenvalue weighted by molar-refractivity contribution is 0.362. The zero-order valence-electron chi connectivity index (χ0n) is 2.96. The van der Waals surface area contributed by atoms with Gasteiger partial charge in [-0.15, -0.1) is 0 Å². The van der Waals surface area contributed by atoms with Gasteiger partial charge in [0.05, 0.1) is 0 Å². The molecule has 0 rings (SSSR count). The zero-order chi connectivity index (χ0) is 5.21. The molecule has 6 heavy (non-hydrogen) atoms. The van der Waals surface area contributed by atoms with E-state index in [1.807, 2.05) is 0 Å². The van der Waals surface area contributed by atoms with Gasteiger partial charge in [0.15, 0.2) is 9.46 Å². The van der Waals surface area contributed by atoms with Crippen LogP contribution >= 0.6 is 8.44 Å². The van der Waals surface area contributed by atoms with Crippen LogP contribution in [0.5, 0.6) is 0 Å². The summed E-state index contributed by atoms with van der Waals surface area (Å²) in [5.41, 5.74) is 0. The van der Waals surface area contributed by atoms with Gasteiger partial charge in [0, 0.05) is 0 Å². The molecular formula is CH5O3PS. The topological polar surface area (TPSA) is 54.4 Å². The monoisotopic (exact) mass is 128 g/mol. The van der Waals surface area contributed by atoms with E-state index >= 15 is 0 Å². The molecule has 0 fully saturated rings. The highest BCUT2D eigenvalue weighted by molar-refractivity contribution is 8.37. The summed E-state index contributed by atoms with van der Waals surface area (Å²) in [7, 11) is -1.68.